The van der Waals surface area contributed by atoms with E-state index in [-0.39, 0.29) is 0 Å². The fourth-order valence-corrected chi connectivity index (χ4v) is 7.95. The molecule has 27 heavy (non-hydrogen) atoms. The molecule has 0 bridgehead atoms. The van der Waals surface area contributed by atoms with Gasteiger partial charge in [0.05, 0.1) is 6.16 Å². The van der Waals surface area contributed by atoms with Gasteiger partial charge in [-0.2, -0.15) is 0 Å². The number of unbranched alkanes of at least 4 members (excludes halogenated alkanes) is 2. The SMILES string of the molecule is BrCCCCC=CC[P+](c1ccccc1)(c1ccccc1)c1ccccc1. The summed E-state index contributed by atoms with van der Waals surface area (Å²) in [6.45, 7) is 0. The minimum absolute atomic E-state index is 1.07. The molecular formula is C25H27BrP+. The first kappa shape index (κ1) is 20.1. The van der Waals surface area contributed by atoms with E-state index >= 15 is 0 Å². The van der Waals surface area contributed by atoms with Crippen molar-refractivity contribution in [1.29, 1.82) is 0 Å². The average Bonchev–Trinajstić information content (AvgIpc) is 2.75. The van der Waals surface area contributed by atoms with E-state index in [4.69, 9.17) is 0 Å². The highest BCUT2D eigenvalue weighted by Gasteiger charge is 2.43. The lowest BCUT2D eigenvalue weighted by atomic mass is 10.2. The Hall–Kier alpha value is -1.69. The third-order valence-electron chi connectivity index (χ3n) is 4.89. The average molecular weight is 438 g/mol. The molecule has 0 aromatic heterocycles. The van der Waals surface area contributed by atoms with Crippen LogP contribution in [0.1, 0.15) is 19.3 Å². The minimum atomic E-state index is -1.70. The van der Waals surface area contributed by atoms with Gasteiger partial charge < -0.3 is 0 Å². The van der Waals surface area contributed by atoms with Gasteiger partial charge in [-0.15, -0.1) is 0 Å². The number of alkyl halides is 1. The molecule has 138 valence electrons. The number of allylic oxidation sites excluding steroid dienone is 2. The van der Waals surface area contributed by atoms with E-state index < -0.39 is 7.26 Å². The summed E-state index contributed by atoms with van der Waals surface area (Å²) in [5, 5.41) is 5.45. The van der Waals surface area contributed by atoms with Gasteiger partial charge >= 0.3 is 0 Å². The van der Waals surface area contributed by atoms with E-state index in [0.29, 0.717) is 0 Å². The van der Waals surface area contributed by atoms with Crippen molar-refractivity contribution in [3.63, 3.8) is 0 Å². The fraction of sp³-hybridized carbons (Fsp3) is 0.200. The standard InChI is InChI=1S/C25H27BrP/c26-21-13-2-1-3-14-22-27(23-15-7-4-8-16-23,24-17-9-5-10-18-24)25-19-11-6-12-20-25/h3-12,14-20H,1-2,13,21-22H2/q+1. The van der Waals surface area contributed by atoms with Gasteiger partial charge in [0.15, 0.2) is 0 Å². The van der Waals surface area contributed by atoms with Crippen molar-refractivity contribution >= 4 is 39.1 Å². The Balaban J connectivity index is 2.06. The summed E-state index contributed by atoms with van der Waals surface area (Å²) < 4.78 is 0. The lowest BCUT2D eigenvalue weighted by Gasteiger charge is -2.26. The molecule has 3 aromatic carbocycles. The molecule has 0 aliphatic carbocycles. The second-order valence-corrected chi connectivity index (χ2v) is 11.0. The van der Waals surface area contributed by atoms with Gasteiger partial charge in [0.2, 0.25) is 0 Å². The minimum Gasteiger partial charge on any atom is -0.0928 e. The Morgan fingerprint density at radius 3 is 1.44 bits per heavy atom. The Labute approximate surface area is 172 Å². The normalized spacial score (nSPS) is 11.7. The van der Waals surface area contributed by atoms with Gasteiger partial charge in [0, 0.05) is 5.33 Å². The van der Waals surface area contributed by atoms with Gasteiger partial charge in [0.25, 0.3) is 0 Å². The van der Waals surface area contributed by atoms with Crippen LogP contribution in [0.3, 0.4) is 0 Å². The lowest BCUT2D eigenvalue weighted by molar-refractivity contribution is 0.826. The zero-order chi connectivity index (χ0) is 18.8. The van der Waals surface area contributed by atoms with Crippen LogP contribution in [0.25, 0.3) is 0 Å². The van der Waals surface area contributed by atoms with Crippen LogP contribution in [-0.2, 0) is 0 Å². The molecule has 0 aliphatic heterocycles. The largest absolute Gasteiger partial charge is 0.115 e. The molecule has 0 nitrogen and oxygen atoms in total. The van der Waals surface area contributed by atoms with Crippen molar-refractivity contribution in [2.45, 2.75) is 19.3 Å². The molecule has 0 aliphatic rings. The third-order valence-corrected chi connectivity index (χ3v) is 9.75. The van der Waals surface area contributed by atoms with E-state index in [0.717, 1.165) is 17.9 Å². The first-order chi connectivity index (χ1) is 13.4. The number of hydrogen-bond acceptors (Lipinski definition) is 0. The number of rotatable bonds is 9. The van der Waals surface area contributed by atoms with Gasteiger partial charge in [-0.05, 0) is 55.7 Å². The molecular weight excluding hydrogens is 411 g/mol. The fourth-order valence-electron chi connectivity index (χ4n) is 3.52. The van der Waals surface area contributed by atoms with Crippen molar-refractivity contribution < 1.29 is 0 Å². The number of hydrogen-bond donors (Lipinski definition) is 0. The molecule has 0 atom stereocenters. The summed E-state index contributed by atoms with van der Waals surface area (Å²) in [5.41, 5.74) is 0. The molecule has 3 rings (SSSR count). The predicted octanol–water partition coefficient (Wildman–Crippen LogP) is 6.10. The quantitative estimate of drug-likeness (QED) is 0.164. The highest BCUT2D eigenvalue weighted by molar-refractivity contribution is 9.09. The Bertz CT molecular complexity index is 716. The van der Waals surface area contributed by atoms with Crippen molar-refractivity contribution in [3.05, 3.63) is 103 Å². The van der Waals surface area contributed by atoms with Crippen LogP contribution in [0, 0.1) is 0 Å². The predicted molar refractivity (Wildman–Crippen MR) is 127 cm³/mol. The van der Waals surface area contributed by atoms with Crippen LogP contribution in [-0.4, -0.2) is 11.5 Å². The first-order valence-electron chi connectivity index (χ1n) is 9.64. The van der Waals surface area contributed by atoms with Crippen LogP contribution in [0.4, 0.5) is 0 Å². The molecule has 0 spiro atoms. The van der Waals surface area contributed by atoms with Crippen LogP contribution in [0.2, 0.25) is 0 Å². The van der Waals surface area contributed by atoms with Gasteiger partial charge in [-0.1, -0.05) is 82.7 Å². The Kier molecular flexibility index (Phi) is 7.87. The highest BCUT2D eigenvalue weighted by Crippen LogP contribution is 2.55. The number of halogens is 1. The van der Waals surface area contributed by atoms with Gasteiger partial charge in [-0.25, -0.2) is 0 Å². The topological polar surface area (TPSA) is 0 Å². The van der Waals surface area contributed by atoms with Crippen LogP contribution < -0.4 is 15.9 Å². The summed E-state index contributed by atoms with van der Waals surface area (Å²) in [4.78, 5) is 0. The smallest absolute Gasteiger partial charge is 0.0928 e. The van der Waals surface area contributed by atoms with Crippen molar-refractivity contribution in [3.8, 4) is 0 Å². The summed E-state index contributed by atoms with van der Waals surface area (Å²) in [6, 6.07) is 33.3. The maximum absolute atomic E-state index is 3.52. The van der Waals surface area contributed by atoms with Crippen molar-refractivity contribution in [2.24, 2.45) is 0 Å². The summed E-state index contributed by atoms with van der Waals surface area (Å²) >= 11 is 3.52. The molecule has 0 saturated carbocycles. The molecule has 0 heterocycles. The van der Waals surface area contributed by atoms with Crippen LogP contribution >= 0.6 is 23.2 Å². The maximum atomic E-state index is 3.52. The molecule has 0 unspecified atom stereocenters. The molecule has 0 radical (unpaired) electrons. The van der Waals surface area contributed by atoms with Crippen LogP contribution in [0.15, 0.2) is 103 Å². The maximum Gasteiger partial charge on any atom is 0.115 e. The van der Waals surface area contributed by atoms with E-state index in [1.165, 1.54) is 28.8 Å². The summed E-state index contributed by atoms with van der Waals surface area (Å²) in [5.74, 6) is 0. The van der Waals surface area contributed by atoms with Crippen LogP contribution in [0.5, 0.6) is 0 Å². The lowest BCUT2D eigenvalue weighted by Crippen LogP contribution is -2.32. The molecule has 2 heteroatoms. The Morgan fingerprint density at radius 2 is 1.04 bits per heavy atom. The third kappa shape index (κ3) is 4.98. The number of benzene rings is 3. The van der Waals surface area contributed by atoms with E-state index in [1.54, 1.807) is 0 Å². The molecule has 0 saturated heterocycles. The van der Waals surface area contributed by atoms with Crippen molar-refractivity contribution in [2.75, 3.05) is 11.5 Å². The molecule has 0 N–H and O–H groups in total. The first-order valence-corrected chi connectivity index (χ1v) is 12.7. The Morgan fingerprint density at radius 1 is 0.593 bits per heavy atom. The van der Waals surface area contributed by atoms with E-state index in [2.05, 4.69) is 119 Å². The zero-order valence-corrected chi connectivity index (χ0v) is 18.2. The monoisotopic (exact) mass is 437 g/mol. The van der Waals surface area contributed by atoms with Crippen molar-refractivity contribution in [1.82, 2.24) is 0 Å². The second kappa shape index (κ2) is 10.6. The molecule has 3 aromatic rings. The summed E-state index contributed by atoms with van der Waals surface area (Å²) in [6.07, 6.45) is 9.51. The zero-order valence-electron chi connectivity index (χ0n) is 15.7. The summed E-state index contributed by atoms with van der Waals surface area (Å²) in [7, 11) is -1.70. The van der Waals surface area contributed by atoms with Gasteiger partial charge in [-0.3, -0.25) is 0 Å². The second-order valence-electron chi connectivity index (χ2n) is 6.66. The molecule has 0 fully saturated rings. The van der Waals surface area contributed by atoms with Gasteiger partial charge in [0.1, 0.15) is 23.2 Å². The van der Waals surface area contributed by atoms with E-state index in [1.807, 2.05) is 0 Å². The van der Waals surface area contributed by atoms with E-state index in [9.17, 15) is 0 Å². The highest BCUT2D eigenvalue weighted by atomic mass is 79.9. The molecule has 0 amide bonds.